The first-order valence-electron chi connectivity index (χ1n) is 9.77. The summed E-state index contributed by atoms with van der Waals surface area (Å²) in [4.78, 5) is 4.60. The number of hydrogen-bond donors (Lipinski definition) is 1. The quantitative estimate of drug-likeness (QED) is 0.722. The second kappa shape index (κ2) is 7.94. The Bertz CT molecular complexity index is 770. The van der Waals surface area contributed by atoms with Crippen molar-refractivity contribution in [1.29, 1.82) is 0 Å². The van der Waals surface area contributed by atoms with E-state index in [1.165, 1.54) is 25.7 Å². The van der Waals surface area contributed by atoms with Gasteiger partial charge in [0.2, 0.25) is 0 Å². The van der Waals surface area contributed by atoms with Gasteiger partial charge >= 0.3 is 0 Å². The van der Waals surface area contributed by atoms with Gasteiger partial charge in [-0.2, -0.15) is 0 Å². The number of fused-ring (bicyclic) bond motifs is 1. The van der Waals surface area contributed by atoms with Gasteiger partial charge < -0.3 is 5.11 Å². The molecule has 2 aliphatic rings. The van der Waals surface area contributed by atoms with Crippen LogP contribution in [0.15, 0.2) is 48.7 Å². The van der Waals surface area contributed by atoms with Crippen molar-refractivity contribution in [2.75, 3.05) is 0 Å². The molecule has 0 spiro atoms. The third-order valence-electron chi connectivity index (χ3n) is 6.10. The number of hydrogen-bond acceptors (Lipinski definition) is 2. The molecule has 2 saturated carbocycles. The minimum atomic E-state index is -0.137. The molecule has 0 unspecified atom stereocenters. The normalized spacial score (nSPS) is 28.8. The largest absolute Gasteiger partial charge is 0.393 e. The van der Waals surface area contributed by atoms with E-state index in [2.05, 4.69) is 29.3 Å². The smallest absolute Gasteiger partial charge is 0.0627 e. The summed E-state index contributed by atoms with van der Waals surface area (Å²) < 4.78 is 0. The van der Waals surface area contributed by atoms with E-state index in [-0.39, 0.29) is 6.10 Å². The van der Waals surface area contributed by atoms with Gasteiger partial charge in [-0.1, -0.05) is 55.1 Å². The Morgan fingerprint density at radius 3 is 2.73 bits per heavy atom. The number of aromatic nitrogens is 1. The summed E-state index contributed by atoms with van der Waals surface area (Å²) in [6.45, 7) is 0. The van der Waals surface area contributed by atoms with E-state index in [9.17, 15) is 5.11 Å². The molecule has 2 aromatic rings. The van der Waals surface area contributed by atoms with Crippen LogP contribution in [0, 0.1) is 17.8 Å². The molecular formula is C23H26ClNO. The van der Waals surface area contributed by atoms with Crippen LogP contribution in [-0.4, -0.2) is 16.2 Å². The van der Waals surface area contributed by atoms with Gasteiger partial charge in [0.25, 0.3) is 0 Å². The van der Waals surface area contributed by atoms with Gasteiger partial charge in [-0.25, -0.2) is 0 Å². The second-order valence-electron chi connectivity index (χ2n) is 7.84. The lowest BCUT2D eigenvalue weighted by Gasteiger charge is -2.42. The van der Waals surface area contributed by atoms with Crippen molar-refractivity contribution in [2.45, 2.75) is 44.6 Å². The van der Waals surface area contributed by atoms with Gasteiger partial charge in [-0.3, -0.25) is 4.98 Å². The lowest BCUT2D eigenvalue weighted by Crippen LogP contribution is -2.36. The summed E-state index contributed by atoms with van der Waals surface area (Å²) in [6.07, 6.45) is 13.4. The number of benzene rings is 1. The molecule has 136 valence electrons. The molecule has 1 N–H and O–H groups in total. The zero-order chi connectivity index (χ0) is 17.9. The number of allylic oxidation sites excluding steroid dienone is 1. The zero-order valence-electron chi connectivity index (χ0n) is 15.0. The van der Waals surface area contributed by atoms with Crippen molar-refractivity contribution < 1.29 is 5.11 Å². The molecule has 2 fully saturated rings. The molecule has 0 saturated heterocycles. The summed E-state index contributed by atoms with van der Waals surface area (Å²) in [7, 11) is 0. The van der Waals surface area contributed by atoms with Crippen LogP contribution < -0.4 is 0 Å². The van der Waals surface area contributed by atoms with E-state index in [1.54, 1.807) is 0 Å². The highest BCUT2D eigenvalue weighted by molar-refractivity contribution is 6.30. The van der Waals surface area contributed by atoms with Gasteiger partial charge in [0, 0.05) is 16.8 Å². The molecule has 4 rings (SSSR count). The van der Waals surface area contributed by atoms with E-state index >= 15 is 0 Å². The standard InChI is InChI=1S/C23H26ClNO/c24-20-6-3-5-16(12-20)19-9-11-21(25-15-19)10-8-18-14-22(26)13-17-4-1-2-7-23(17)18/h3,5-6,8-12,15,17-18,22-23,26H,1-2,4,7,13-14H2/t17-,18+,22-,23+/m0/s1. The number of halogens is 1. The Hall–Kier alpha value is -1.64. The van der Waals surface area contributed by atoms with Crippen LogP contribution in [0.25, 0.3) is 17.2 Å². The Morgan fingerprint density at radius 1 is 1.04 bits per heavy atom. The molecule has 2 aliphatic carbocycles. The van der Waals surface area contributed by atoms with Crippen LogP contribution in [0.2, 0.25) is 5.02 Å². The zero-order valence-corrected chi connectivity index (χ0v) is 15.8. The monoisotopic (exact) mass is 367 g/mol. The number of pyridine rings is 1. The first-order valence-corrected chi connectivity index (χ1v) is 10.1. The molecule has 26 heavy (non-hydrogen) atoms. The Kier molecular flexibility index (Phi) is 5.42. The molecular weight excluding hydrogens is 342 g/mol. The first-order chi connectivity index (χ1) is 12.7. The van der Waals surface area contributed by atoms with Gasteiger partial charge in [-0.15, -0.1) is 0 Å². The van der Waals surface area contributed by atoms with Gasteiger partial charge in [-0.05, 0) is 66.9 Å². The lowest BCUT2D eigenvalue weighted by atomic mass is 9.64. The number of aliphatic hydroxyl groups excluding tert-OH is 1. The van der Waals surface area contributed by atoms with E-state index < -0.39 is 0 Å². The third-order valence-corrected chi connectivity index (χ3v) is 6.33. The predicted octanol–water partition coefficient (Wildman–Crippen LogP) is 5.99. The van der Waals surface area contributed by atoms with Crippen molar-refractivity contribution in [2.24, 2.45) is 17.8 Å². The minimum absolute atomic E-state index is 0.137. The molecule has 4 atom stereocenters. The molecule has 1 heterocycles. The van der Waals surface area contributed by atoms with Crippen molar-refractivity contribution >= 4 is 17.7 Å². The van der Waals surface area contributed by atoms with Crippen LogP contribution in [0.5, 0.6) is 0 Å². The first kappa shape index (κ1) is 17.8. The fourth-order valence-electron chi connectivity index (χ4n) is 4.81. The lowest BCUT2D eigenvalue weighted by molar-refractivity contribution is 0.0232. The van der Waals surface area contributed by atoms with Crippen molar-refractivity contribution in [3.05, 3.63) is 59.4 Å². The SMILES string of the molecule is O[C@H]1C[C@@H]2CCCC[C@H]2[C@H](C=Cc2ccc(-c3cccc(Cl)c3)cn2)C1. The Morgan fingerprint density at radius 2 is 1.92 bits per heavy atom. The van der Waals surface area contributed by atoms with Crippen molar-refractivity contribution in [1.82, 2.24) is 4.98 Å². The van der Waals surface area contributed by atoms with E-state index in [1.807, 2.05) is 30.5 Å². The van der Waals surface area contributed by atoms with Crippen LogP contribution >= 0.6 is 11.6 Å². The van der Waals surface area contributed by atoms with E-state index in [0.717, 1.165) is 40.6 Å². The van der Waals surface area contributed by atoms with Crippen molar-refractivity contribution in [3.8, 4) is 11.1 Å². The number of rotatable bonds is 3. The van der Waals surface area contributed by atoms with E-state index in [4.69, 9.17) is 11.6 Å². The number of nitrogens with zero attached hydrogens (tertiary/aromatic N) is 1. The average Bonchev–Trinajstić information content (AvgIpc) is 2.66. The molecule has 1 aromatic heterocycles. The fraction of sp³-hybridized carbons (Fsp3) is 0.435. The average molecular weight is 368 g/mol. The van der Waals surface area contributed by atoms with Gasteiger partial charge in [0.15, 0.2) is 0 Å². The highest BCUT2D eigenvalue weighted by Crippen LogP contribution is 2.44. The Labute approximate surface area is 160 Å². The summed E-state index contributed by atoms with van der Waals surface area (Å²) in [6, 6.07) is 12.0. The topological polar surface area (TPSA) is 33.1 Å². The molecule has 2 nitrogen and oxygen atoms in total. The van der Waals surface area contributed by atoms with Crippen molar-refractivity contribution in [3.63, 3.8) is 0 Å². The predicted molar refractivity (Wildman–Crippen MR) is 108 cm³/mol. The minimum Gasteiger partial charge on any atom is -0.393 e. The molecule has 0 radical (unpaired) electrons. The highest BCUT2D eigenvalue weighted by Gasteiger charge is 2.37. The highest BCUT2D eigenvalue weighted by atomic mass is 35.5. The van der Waals surface area contributed by atoms with Crippen LogP contribution in [0.4, 0.5) is 0 Å². The molecule has 0 bridgehead atoms. The molecule has 0 aliphatic heterocycles. The summed E-state index contributed by atoms with van der Waals surface area (Å²) >= 11 is 6.08. The number of aliphatic hydroxyl groups is 1. The maximum atomic E-state index is 10.2. The molecule has 1 aromatic carbocycles. The summed E-state index contributed by atoms with van der Waals surface area (Å²) in [5.41, 5.74) is 3.13. The van der Waals surface area contributed by atoms with Crippen LogP contribution in [0.3, 0.4) is 0 Å². The second-order valence-corrected chi connectivity index (χ2v) is 8.28. The third kappa shape index (κ3) is 4.02. The van der Waals surface area contributed by atoms with Crippen LogP contribution in [-0.2, 0) is 0 Å². The fourth-order valence-corrected chi connectivity index (χ4v) is 5.00. The maximum Gasteiger partial charge on any atom is 0.0627 e. The maximum absolute atomic E-state index is 10.2. The van der Waals surface area contributed by atoms with Crippen LogP contribution in [0.1, 0.15) is 44.2 Å². The molecule has 0 amide bonds. The summed E-state index contributed by atoms with van der Waals surface area (Å²) in [5, 5.41) is 11.0. The Balaban J connectivity index is 1.48. The van der Waals surface area contributed by atoms with Gasteiger partial charge in [0.1, 0.15) is 0 Å². The van der Waals surface area contributed by atoms with Gasteiger partial charge in [0.05, 0.1) is 11.8 Å². The summed E-state index contributed by atoms with van der Waals surface area (Å²) in [5.74, 6) is 1.94. The van der Waals surface area contributed by atoms with E-state index in [0.29, 0.717) is 11.8 Å². The molecule has 3 heteroatoms.